The molecule has 348 valence electrons. The monoisotopic (exact) mass is 849 g/mol. The fourth-order valence-electron chi connectivity index (χ4n) is 7.77. The zero-order valence-corrected chi connectivity index (χ0v) is 38.2. The minimum absolute atomic E-state index is 0.0822. The lowest BCUT2D eigenvalue weighted by Crippen LogP contribution is -2.34. The van der Waals surface area contributed by atoms with E-state index in [1.54, 1.807) is 0 Å². The van der Waals surface area contributed by atoms with Gasteiger partial charge in [0, 0.05) is 26.2 Å². The van der Waals surface area contributed by atoms with E-state index in [0.29, 0.717) is 46.2 Å². The second-order valence-electron chi connectivity index (χ2n) is 16.8. The molecule has 1 saturated heterocycles. The van der Waals surface area contributed by atoms with Gasteiger partial charge in [0.15, 0.2) is 0 Å². The molecule has 1 aliphatic rings. The van der Waals surface area contributed by atoms with E-state index in [1.807, 2.05) is 0 Å². The molecule has 1 heterocycles. The Morgan fingerprint density at radius 3 is 1.07 bits per heavy atom. The van der Waals surface area contributed by atoms with Crippen LogP contribution in [0.15, 0.2) is 18.2 Å². The maximum Gasteiger partial charge on any atom is 0.335 e. The molecule has 0 aromatic heterocycles. The fourth-order valence-corrected chi connectivity index (χ4v) is 7.77. The SMILES string of the molecule is CCCCCCCCCCCCCCCCCCN1CCOCCOCCN(CCCCCCCCCCCOc2cc(C(=O)O)cc(C(=O)O)c2)CCOCCOCC1. The van der Waals surface area contributed by atoms with Crippen LogP contribution in [0.3, 0.4) is 0 Å². The quantitative estimate of drug-likeness (QED) is 0.0673. The van der Waals surface area contributed by atoms with Crippen molar-refractivity contribution in [3.8, 4) is 5.75 Å². The molecule has 1 aromatic rings. The van der Waals surface area contributed by atoms with E-state index in [0.717, 1.165) is 77.8 Å². The summed E-state index contributed by atoms with van der Waals surface area (Å²) < 4.78 is 29.5. The molecule has 0 unspecified atom stereocenters. The van der Waals surface area contributed by atoms with Gasteiger partial charge in [-0.3, -0.25) is 9.80 Å². The van der Waals surface area contributed by atoms with Crippen molar-refractivity contribution in [2.24, 2.45) is 0 Å². The molecule has 0 amide bonds. The molecule has 2 rings (SSSR count). The minimum atomic E-state index is -1.17. The van der Waals surface area contributed by atoms with Gasteiger partial charge in [-0.05, 0) is 50.6 Å². The van der Waals surface area contributed by atoms with Gasteiger partial charge >= 0.3 is 11.9 Å². The average molecular weight is 849 g/mol. The first kappa shape index (κ1) is 53.9. The number of benzene rings is 1. The predicted molar refractivity (Wildman–Crippen MR) is 243 cm³/mol. The maximum atomic E-state index is 11.3. The number of aromatic carboxylic acids is 2. The third kappa shape index (κ3) is 31.5. The molecule has 0 spiro atoms. The zero-order chi connectivity index (χ0) is 43.0. The molecular weight excluding hydrogens is 761 g/mol. The van der Waals surface area contributed by atoms with E-state index >= 15 is 0 Å². The van der Waals surface area contributed by atoms with Crippen molar-refractivity contribution in [3.63, 3.8) is 0 Å². The van der Waals surface area contributed by atoms with Gasteiger partial charge in [0.2, 0.25) is 0 Å². The molecule has 0 aliphatic carbocycles. The number of carboxylic acid groups (broad SMARTS) is 2. The third-order valence-corrected chi connectivity index (χ3v) is 11.6. The van der Waals surface area contributed by atoms with Crippen molar-refractivity contribution in [1.82, 2.24) is 9.80 Å². The van der Waals surface area contributed by atoms with E-state index in [-0.39, 0.29) is 16.9 Å². The highest BCUT2D eigenvalue weighted by atomic mass is 16.5. The Hall–Kier alpha value is -2.28. The summed E-state index contributed by atoms with van der Waals surface area (Å²) in [5.41, 5.74) is -0.164. The van der Waals surface area contributed by atoms with Crippen LogP contribution in [0, 0.1) is 0 Å². The molecule has 0 saturated carbocycles. The normalized spacial score (nSPS) is 16.0. The summed E-state index contributed by atoms with van der Waals surface area (Å²) in [6, 6.07) is 3.89. The van der Waals surface area contributed by atoms with Crippen LogP contribution in [0.1, 0.15) is 188 Å². The highest BCUT2D eigenvalue weighted by molar-refractivity contribution is 5.94. The van der Waals surface area contributed by atoms with Crippen molar-refractivity contribution in [3.05, 3.63) is 29.3 Å². The lowest BCUT2D eigenvalue weighted by molar-refractivity contribution is 0.00776. The van der Waals surface area contributed by atoms with E-state index in [1.165, 1.54) is 153 Å². The molecular formula is C49H88N2O9. The van der Waals surface area contributed by atoms with E-state index < -0.39 is 11.9 Å². The van der Waals surface area contributed by atoms with Gasteiger partial charge < -0.3 is 33.9 Å². The van der Waals surface area contributed by atoms with E-state index in [4.69, 9.17) is 23.7 Å². The summed E-state index contributed by atoms with van der Waals surface area (Å²) in [6.45, 7) is 14.0. The molecule has 0 atom stereocenters. The fraction of sp³-hybridized carbons (Fsp3) is 0.837. The Morgan fingerprint density at radius 2 is 0.750 bits per heavy atom. The Kier molecular flexibility index (Phi) is 35.5. The van der Waals surface area contributed by atoms with Crippen LogP contribution in [0.2, 0.25) is 0 Å². The first-order chi connectivity index (χ1) is 29.5. The molecule has 1 aliphatic heterocycles. The molecule has 11 heteroatoms. The van der Waals surface area contributed by atoms with Crippen LogP contribution in [0.4, 0.5) is 0 Å². The maximum absolute atomic E-state index is 11.3. The predicted octanol–water partition coefficient (Wildman–Crippen LogP) is 10.9. The van der Waals surface area contributed by atoms with Gasteiger partial charge in [-0.25, -0.2) is 9.59 Å². The molecule has 1 aromatic carbocycles. The molecule has 60 heavy (non-hydrogen) atoms. The topological polar surface area (TPSA) is 127 Å². The number of hydrogen-bond acceptors (Lipinski definition) is 9. The summed E-state index contributed by atoms with van der Waals surface area (Å²) in [5.74, 6) is -2.05. The summed E-state index contributed by atoms with van der Waals surface area (Å²) >= 11 is 0. The van der Waals surface area contributed by atoms with Gasteiger partial charge in [-0.2, -0.15) is 0 Å². The summed E-state index contributed by atoms with van der Waals surface area (Å²) in [4.78, 5) is 27.5. The number of carboxylic acids is 2. The lowest BCUT2D eigenvalue weighted by atomic mass is 10.0. The van der Waals surface area contributed by atoms with Crippen LogP contribution < -0.4 is 4.74 Å². The van der Waals surface area contributed by atoms with Gasteiger partial charge in [-0.15, -0.1) is 0 Å². The highest BCUT2D eigenvalue weighted by Crippen LogP contribution is 2.19. The van der Waals surface area contributed by atoms with Crippen LogP contribution in [0.25, 0.3) is 0 Å². The van der Waals surface area contributed by atoms with Crippen LogP contribution in [-0.4, -0.2) is 131 Å². The second-order valence-corrected chi connectivity index (χ2v) is 16.8. The smallest absolute Gasteiger partial charge is 0.335 e. The zero-order valence-electron chi connectivity index (χ0n) is 38.2. The molecule has 0 radical (unpaired) electrons. The van der Waals surface area contributed by atoms with Crippen LogP contribution in [-0.2, 0) is 18.9 Å². The number of unbranched alkanes of at least 4 members (excludes halogenated alkanes) is 23. The van der Waals surface area contributed by atoms with Crippen LogP contribution in [0.5, 0.6) is 5.75 Å². The molecule has 11 nitrogen and oxygen atoms in total. The largest absolute Gasteiger partial charge is 0.494 e. The second kappa shape index (κ2) is 39.6. The summed E-state index contributed by atoms with van der Waals surface area (Å²) in [6.07, 6.45) is 32.6. The van der Waals surface area contributed by atoms with E-state index in [9.17, 15) is 19.8 Å². The van der Waals surface area contributed by atoms with Crippen molar-refractivity contribution in [2.75, 3.05) is 98.7 Å². The standard InChI is InChI=1S/C49H88N2O9/c1-2-3-4-5-6-7-8-9-10-11-12-13-15-18-21-24-27-50-29-34-56-38-40-58-36-31-51(32-37-59-41-39-57-35-30-50)28-25-22-19-16-14-17-20-23-26-33-60-47-43-45(48(52)53)42-46(44-47)49(54)55/h42-44H,2-41H2,1H3,(H,52,53)(H,54,55). The van der Waals surface area contributed by atoms with Crippen molar-refractivity contribution in [1.29, 1.82) is 0 Å². The summed E-state index contributed by atoms with van der Waals surface area (Å²) in [5, 5.41) is 18.5. The first-order valence-corrected chi connectivity index (χ1v) is 24.5. The number of carbonyl (C=O) groups is 2. The Morgan fingerprint density at radius 1 is 0.450 bits per heavy atom. The highest BCUT2D eigenvalue weighted by Gasteiger charge is 2.13. The molecule has 1 fully saturated rings. The third-order valence-electron chi connectivity index (χ3n) is 11.6. The van der Waals surface area contributed by atoms with Gasteiger partial charge in [-0.1, -0.05) is 148 Å². The van der Waals surface area contributed by atoms with Gasteiger partial charge in [0.05, 0.1) is 70.6 Å². The Labute approximate surface area is 365 Å². The lowest BCUT2D eigenvalue weighted by Gasteiger charge is -2.23. The average Bonchev–Trinajstić information content (AvgIpc) is 3.24. The number of rotatable bonds is 32. The number of ether oxygens (including phenoxy) is 5. The molecule has 0 bridgehead atoms. The first-order valence-electron chi connectivity index (χ1n) is 24.5. The minimum Gasteiger partial charge on any atom is -0.494 e. The van der Waals surface area contributed by atoms with E-state index in [2.05, 4.69) is 16.7 Å². The van der Waals surface area contributed by atoms with Crippen molar-refractivity contribution in [2.45, 2.75) is 167 Å². The van der Waals surface area contributed by atoms with Crippen molar-refractivity contribution < 1.29 is 43.5 Å². The van der Waals surface area contributed by atoms with Crippen LogP contribution >= 0.6 is 0 Å². The Bertz CT molecular complexity index is 1100. The Balaban J connectivity index is 1.46. The molecule has 2 N–H and O–H groups in total. The van der Waals surface area contributed by atoms with Gasteiger partial charge in [0.25, 0.3) is 0 Å². The number of hydrogen-bond donors (Lipinski definition) is 2. The summed E-state index contributed by atoms with van der Waals surface area (Å²) in [7, 11) is 0. The number of nitrogens with zero attached hydrogens (tertiary/aromatic N) is 2. The van der Waals surface area contributed by atoms with Crippen molar-refractivity contribution >= 4 is 11.9 Å². The van der Waals surface area contributed by atoms with Gasteiger partial charge in [0.1, 0.15) is 5.75 Å².